The summed E-state index contributed by atoms with van der Waals surface area (Å²) < 4.78 is 23.8. The van der Waals surface area contributed by atoms with Crippen molar-refractivity contribution >= 4 is 38.9 Å². The normalized spacial score (nSPS) is 11.2. The molecular formula is C23H20N6O3S2. The standard InChI is InChI=1S/C23H20N6O3S2/c1-13-28-20(14-5-4-6-15(11-14)22(24)25)21(33-13)23(30)29-19-10-9-16(12-27-19)17-7-2-3-8-18(17)34(26,31)32/h2-12H,1H3,(H3,24,25)(H2,26,31,32)(H,27,29,30). The van der Waals surface area contributed by atoms with Crippen molar-refractivity contribution in [1.29, 1.82) is 5.41 Å². The Bertz CT molecular complexity index is 1510. The molecule has 2 heterocycles. The van der Waals surface area contributed by atoms with E-state index in [0.29, 0.717) is 37.8 Å². The minimum atomic E-state index is -3.91. The Morgan fingerprint density at radius 2 is 1.82 bits per heavy atom. The summed E-state index contributed by atoms with van der Waals surface area (Å²) in [7, 11) is -3.91. The molecule has 6 N–H and O–H groups in total. The van der Waals surface area contributed by atoms with Crippen molar-refractivity contribution in [3.8, 4) is 22.4 Å². The van der Waals surface area contributed by atoms with Crippen LogP contribution in [-0.2, 0) is 10.0 Å². The number of nitrogens with zero attached hydrogens (tertiary/aromatic N) is 2. The second-order valence-electron chi connectivity index (χ2n) is 7.33. The van der Waals surface area contributed by atoms with Gasteiger partial charge in [0.2, 0.25) is 10.0 Å². The van der Waals surface area contributed by atoms with E-state index in [1.54, 1.807) is 61.5 Å². The van der Waals surface area contributed by atoms with Crippen LogP contribution in [0.4, 0.5) is 5.82 Å². The van der Waals surface area contributed by atoms with E-state index in [1.807, 2.05) is 0 Å². The van der Waals surface area contributed by atoms with E-state index in [1.165, 1.54) is 23.6 Å². The lowest BCUT2D eigenvalue weighted by molar-refractivity contribution is 0.103. The highest BCUT2D eigenvalue weighted by atomic mass is 32.2. The number of rotatable bonds is 6. The Labute approximate surface area is 200 Å². The number of primary sulfonamides is 1. The van der Waals surface area contributed by atoms with Crippen molar-refractivity contribution in [2.45, 2.75) is 11.8 Å². The van der Waals surface area contributed by atoms with Gasteiger partial charge in [0, 0.05) is 28.5 Å². The van der Waals surface area contributed by atoms with Crippen molar-refractivity contribution in [1.82, 2.24) is 9.97 Å². The van der Waals surface area contributed by atoms with E-state index in [-0.39, 0.29) is 22.5 Å². The second-order valence-corrected chi connectivity index (χ2v) is 10.1. The van der Waals surface area contributed by atoms with Crippen LogP contribution >= 0.6 is 11.3 Å². The zero-order valence-corrected chi connectivity index (χ0v) is 19.6. The quantitative estimate of drug-likeness (QED) is 0.238. The Kier molecular flexibility index (Phi) is 6.24. The first-order chi connectivity index (χ1) is 16.1. The minimum absolute atomic E-state index is 0.00819. The van der Waals surface area contributed by atoms with Gasteiger partial charge in [0.15, 0.2) is 0 Å². The number of carbonyl (C=O) groups is 1. The van der Waals surface area contributed by atoms with Gasteiger partial charge in [-0.25, -0.2) is 23.5 Å². The number of sulfonamides is 1. The van der Waals surface area contributed by atoms with Gasteiger partial charge in [0.25, 0.3) is 5.91 Å². The summed E-state index contributed by atoms with van der Waals surface area (Å²) in [5.41, 5.74) is 8.24. The number of benzene rings is 2. The van der Waals surface area contributed by atoms with Gasteiger partial charge in [0.05, 0.1) is 15.6 Å². The van der Waals surface area contributed by atoms with E-state index < -0.39 is 10.0 Å². The molecule has 0 saturated carbocycles. The molecule has 172 valence electrons. The third kappa shape index (κ3) is 4.86. The first-order valence-corrected chi connectivity index (χ1v) is 12.3. The fraction of sp³-hybridized carbons (Fsp3) is 0.0435. The minimum Gasteiger partial charge on any atom is -0.384 e. The van der Waals surface area contributed by atoms with Gasteiger partial charge in [-0.15, -0.1) is 11.3 Å². The Morgan fingerprint density at radius 3 is 2.50 bits per heavy atom. The highest BCUT2D eigenvalue weighted by Gasteiger charge is 2.20. The summed E-state index contributed by atoms with van der Waals surface area (Å²) in [4.78, 5) is 22.2. The van der Waals surface area contributed by atoms with Crippen molar-refractivity contribution in [3.05, 3.63) is 82.3 Å². The molecule has 0 atom stereocenters. The van der Waals surface area contributed by atoms with Gasteiger partial charge in [-0.05, 0) is 31.2 Å². The molecule has 1 amide bonds. The number of nitrogens with one attached hydrogen (secondary N) is 2. The van der Waals surface area contributed by atoms with Crippen LogP contribution in [-0.4, -0.2) is 30.1 Å². The number of aromatic nitrogens is 2. The molecule has 0 spiro atoms. The van der Waals surface area contributed by atoms with Crippen LogP contribution in [0.25, 0.3) is 22.4 Å². The van der Waals surface area contributed by atoms with Crippen LogP contribution in [0.5, 0.6) is 0 Å². The van der Waals surface area contributed by atoms with E-state index in [2.05, 4.69) is 15.3 Å². The zero-order valence-electron chi connectivity index (χ0n) is 17.9. The Hall–Kier alpha value is -3.93. The van der Waals surface area contributed by atoms with Crippen LogP contribution < -0.4 is 16.2 Å². The molecule has 2 aromatic carbocycles. The number of pyridine rings is 1. The van der Waals surface area contributed by atoms with Crippen molar-refractivity contribution in [2.75, 3.05) is 5.32 Å². The van der Waals surface area contributed by atoms with Crippen molar-refractivity contribution in [3.63, 3.8) is 0 Å². The predicted octanol–water partition coefficient (Wildman–Crippen LogP) is 3.36. The number of amidine groups is 1. The molecule has 0 fully saturated rings. The van der Waals surface area contributed by atoms with Gasteiger partial charge >= 0.3 is 0 Å². The fourth-order valence-electron chi connectivity index (χ4n) is 3.36. The molecule has 0 saturated heterocycles. The summed E-state index contributed by atoms with van der Waals surface area (Å²) in [6, 6.07) is 16.6. The highest BCUT2D eigenvalue weighted by molar-refractivity contribution is 7.89. The van der Waals surface area contributed by atoms with Gasteiger partial charge in [-0.1, -0.05) is 36.4 Å². The lowest BCUT2D eigenvalue weighted by atomic mass is 10.1. The maximum atomic E-state index is 13.0. The maximum Gasteiger partial charge on any atom is 0.269 e. The highest BCUT2D eigenvalue weighted by Crippen LogP contribution is 2.30. The SMILES string of the molecule is Cc1nc(-c2cccc(C(=N)N)c2)c(C(=O)Nc2ccc(-c3ccccc3S(N)(=O)=O)cn2)s1. The number of amides is 1. The average Bonchev–Trinajstić information content (AvgIpc) is 3.21. The number of hydrogen-bond acceptors (Lipinski definition) is 7. The number of nitrogens with two attached hydrogens (primary N) is 2. The number of aryl methyl sites for hydroxylation is 1. The van der Waals surface area contributed by atoms with Gasteiger partial charge < -0.3 is 11.1 Å². The molecule has 0 radical (unpaired) electrons. The second kappa shape index (κ2) is 9.14. The number of thiazole rings is 1. The summed E-state index contributed by atoms with van der Waals surface area (Å²) in [6.07, 6.45) is 1.47. The zero-order chi connectivity index (χ0) is 24.5. The van der Waals surface area contributed by atoms with Crippen LogP contribution in [0.1, 0.15) is 20.2 Å². The van der Waals surface area contributed by atoms with Crippen molar-refractivity contribution in [2.24, 2.45) is 10.9 Å². The van der Waals surface area contributed by atoms with Gasteiger partial charge in [0.1, 0.15) is 16.5 Å². The molecule has 34 heavy (non-hydrogen) atoms. The summed E-state index contributed by atoms with van der Waals surface area (Å²) in [5.74, 6) is -0.177. The molecule has 9 nitrogen and oxygen atoms in total. The molecule has 0 aliphatic heterocycles. The average molecular weight is 493 g/mol. The van der Waals surface area contributed by atoms with Crippen LogP contribution in [0.2, 0.25) is 0 Å². The summed E-state index contributed by atoms with van der Waals surface area (Å²) in [6.45, 7) is 1.80. The van der Waals surface area contributed by atoms with Crippen molar-refractivity contribution < 1.29 is 13.2 Å². The molecular weight excluding hydrogens is 472 g/mol. The first kappa shape index (κ1) is 23.2. The topological polar surface area (TPSA) is 165 Å². The Morgan fingerprint density at radius 1 is 1.06 bits per heavy atom. The number of carbonyl (C=O) groups excluding carboxylic acids is 1. The first-order valence-electron chi connectivity index (χ1n) is 9.95. The lowest BCUT2D eigenvalue weighted by Gasteiger charge is -2.09. The molecule has 11 heteroatoms. The molecule has 2 aromatic heterocycles. The fourth-order valence-corrected chi connectivity index (χ4v) is 4.96. The monoisotopic (exact) mass is 492 g/mol. The van der Waals surface area contributed by atoms with Gasteiger partial charge in [-0.2, -0.15) is 0 Å². The summed E-state index contributed by atoms with van der Waals surface area (Å²) in [5, 5.41) is 16.4. The molecule has 4 aromatic rings. The van der Waals surface area contributed by atoms with Gasteiger partial charge in [-0.3, -0.25) is 10.2 Å². The third-order valence-corrected chi connectivity index (χ3v) is 6.84. The van der Waals surface area contributed by atoms with E-state index in [0.717, 1.165) is 0 Å². The van der Waals surface area contributed by atoms with E-state index in [4.69, 9.17) is 16.3 Å². The number of nitrogen functional groups attached to an aromatic ring is 1. The molecule has 4 rings (SSSR count). The smallest absolute Gasteiger partial charge is 0.269 e. The van der Waals surface area contributed by atoms with E-state index >= 15 is 0 Å². The van der Waals surface area contributed by atoms with Crippen LogP contribution in [0.15, 0.2) is 71.8 Å². The third-order valence-electron chi connectivity index (χ3n) is 4.90. The molecule has 0 aliphatic rings. The predicted molar refractivity (Wildman–Crippen MR) is 132 cm³/mol. The summed E-state index contributed by atoms with van der Waals surface area (Å²) >= 11 is 1.24. The van der Waals surface area contributed by atoms with Crippen LogP contribution in [0, 0.1) is 12.3 Å². The molecule has 0 bridgehead atoms. The molecule has 0 unspecified atom stereocenters. The number of hydrogen-bond donors (Lipinski definition) is 4. The lowest BCUT2D eigenvalue weighted by Crippen LogP contribution is -2.14. The van der Waals surface area contributed by atoms with Crippen LogP contribution in [0.3, 0.4) is 0 Å². The largest absolute Gasteiger partial charge is 0.384 e. The molecule has 0 aliphatic carbocycles. The Balaban J connectivity index is 1.61. The maximum absolute atomic E-state index is 13.0. The van der Waals surface area contributed by atoms with E-state index in [9.17, 15) is 13.2 Å². The number of anilines is 1.